The van der Waals surface area contributed by atoms with Gasteiger partial charge in [-0.15, -0.1) is 0 Å². The van der Waals surface area contributed by atoms with Gasteiger partial charge in [0, 0.05) is 26.6 Å². The number of nitrogens with zero attached hydrogens (tertiary/aromatic N) is 2. The summed E-state index contributed by atoms with van der Waals surface area (Å²) in [5, 5.41) is 26.9. The number of β-amino-alcohol motifs (C(OH)–C–C–N with tert-alkyl or cyclic N) is 1. The van der Waals surface area contributed by atoms with Crippen LogP contribution in [0.4, 0.5) is 4.79 Å². The third-order valence-corrected chi connectivity index (χ3v) is 2.57. The van der Waals surface area contributed by atoms with E-state index in [-0.39, 0.29) is 26.1 Å². The molecular weight excluding hydrogens is 216 g/mol. The molecule has 7 nitrogen and oxygen atoms in total. The number of carboxylic acids is 1. The normalized spacial score (nSPS) is 24.6. The molecule has 0 bridgehead atoms. The highest BCUT2D eigenvalue weighted by atomic mass is 16.4. The van der Waals surface area contributed by atoms with E-state index < -0.39 is 24.1 Å². The maximum atomic E-state index is 11.8. The highest BCUT2D eigenvalue weighted by molar-refractivity contribution is 5.83. The fourth-order valence-corrected chi connectivity index (χ4v) is 1.72. The Balaban J connectivity index is 2.70. The van der Waals surface area contributed by atoms with Crippen LogP contribution >= 0.6 is 0 Å². The summed E-state index contributed by atoms with van der Waals surface area (Å²) in [6.45, 7) is -0.0281. The molecular formula is C9H16N2O5. The number of likely N-dealkylation sites (tertiary alicyclic amines) is 1. The molecule has 0 aliphatic carbocycles. The van der Waals surface area contributed by atoms with E-state index >= 15 is 0 Å². The molecule has 0 spiro atoms. The summed E-state index contributed by atoms with van der Waals surface area (Å²) in [6.07, 6.45) is -0.749. The van der Waals surface area contributed by atoms with Gasteiger partial charge in [-0.25, -0.2) is 9.59 Å². The molecule has 1 saturated heterocycles. The van der Waals surface area contributed by atoms with E-state index in [9.17, 15) is 14.7 Å². The molecule has 1 rings (SSSR count). The Morgan fingerprint density at radius 1 is 1.50 bits per heavy atom. The molecule has 1 heterocycles. The van der Waals surface area contributed by atoms with Crippen molar-refractivity contribution in [3.05, 3.63) is 0 Å². The number of aliphatic hydroxyl groups is 2. The molecule has 0 aromatic heterocycles. The van der Waals surface area contributed by atoms with Crippen molar-refractivity contribution in [3.63, 3.8) is 0 Å². The summed E-state index contributed by atoms with van der Waals surface area (Å²) in [5.74, 6) is -1.12. The van der Waals surface area contributed by atoms with Crippen molar-refractivity contribution in [2.45, 2.75) is 18.6 Å². The summed E-state index contributed by atoms with van der Waals surface area (Å²) < 4.78 is 0. The maximum absolute atomic E-state index is 11.8. The van der Waals surface area contributed by atoms with Gasteiger partial charge in [0.2, 0.25) is 0 Å². The average Bonchev–Trinajstić information content (AvgIpc) is 2.59. The number of rotatable bonds is 3. The summed E-state index contributed by atoms with van der Waals surface area (Å²) in [7, 11) is 1.47. The van der Waals surface area contributed by atoms with Crippen LogP contribution in [0.15, 0.2) is 0 Å². The molecule has 16 heavy (non-hydrogen) atoms. The minimum atomic E-state index is -1.12. The third-order valence-electron chi connectivity index (χ3n) is 2.57. The standard InChI is InChI=1S/C9H16N2O5/c1-10(2-3-12)9(16)11-5-6(13)4-7(11)8(14)15/h6-7,12-13H,2-5H2,1H3,(H,14,15)/t6-,7-/m1/s1. The highest BCUT2D eigenvalue weighted by Crippen LogP contribution is 2.19. The zero-order valence-corrected chi connectivity index (χ0v) is 9.04. The Labute approximate surface area is 92.9 Å². The van der Waals surface area contributed by atoms with Crippen LogP contribution in [0.25, 0.3) is 0 Å². The number of hydrogen-bond acceptors (Lipinski definition) is 4. The van der Waals surface area contributed by atoms with Gasteiger partial charge in [0.1, 0.15) is 6.04 Å². The van der Waals surface area contributed by atoms with E-state index in [4.69, 9.17) is 10.2 Å². The first-order chi connectivity index (χ1) is 7.47. The van der Waals surface area contributed by atoms with Gasteiger partial charge in [-0.1, -0.05) is 0 Å². The van der Waals surface area contributed by atoms with E-state index in [0.717, 1.165) is 4.90 Å². The van der Waals surface area contributed by atoms with E-state index in [1.165, 1.54) is 11.9 Å². The van der Waals surface area contributed by atoms with Crippen molar-refractivity contribution in [1.82, 2.24) is 9.80 Å². The quantitative estimate of drug-likeness (QED) is 0.552. The number of carbonyl (C=O) groups excluding carboxylic acids is 1. The van der Waals surface area contributed by atoms with Crippen molar-refractivity contribution in [1.29, 1.82) is 0 Å². The number of carboxylic acid groups (broad SMARTS) is 1. The van der Waals surface area contributed by atoms with Gasteiger partial charge in [-0.05, 0) is 0 Å². The van der Waals surface area contributed by atoms with Gasteiger partial charge in [0.05, 0.1) is 12.7 Å². The van der Waals surface area contributed by atoms with Crippen LogP contribution in [0.3, 0.4) is 0 Å². The van der Waals surface area contributed by atoms with Gasteiger partial charge in [0.25, 0.3) is 0 Å². The fourth-order valence-electron chi connectivity index (χ4n) is 1.72. The second-order valence-electron chi connectivity index (χ2n) is 3.82. The monoisotopic (exact) mass is 232 g/mol. The molecule has 0 aromatic carbocycles. The largest absolute Gasteiger partial charge is 0.480 e. The lowest BCUT2D eigenvalue weighted by Gasteiger charge is -2.26. The van der Waals surface area contributed by atoms with Crippen molar-refractivity contribution in [2.75, 3.05) is 26.7 Å². The zero-order valence-electron chi connectivity index (χ0n) is 9.04. The van der Waals surface area contributed by atoms with Crippen molar-refractivity contribution < 1.29 is 24.9 Å². The van der Waals surface area contributed by atoms with E-state index in [2.05, 4.69) is 0 Å². The number of likely N-dealkylation sites (N-methyl/N-ethyl adjacent to an activating group) is 1. The van der Waals surface area contributed by atoms with Crippen LogP contribution in [0.5, 0.6) is 0 Å². The van der Waals surface area contributed by atoms with Crippen LogP contribution in [-0.4, -0.2) is 76.0 Å². The smallest absolute Gasteiger partial charge is 0.326 e. The predicted octanol–water partition coefficient (Wildman–Crippen LogP) is -1.45. The SMILES string of the molecule is CN(CCO)C(=O)N1C[C@H](O)C[C@@H]1C(=O)O. The molecule has 0 radical (unpaired) electrons. The second-order valence-corrected chi connectivity index (χ2v) is 3.82. The molecule has 2 atom stereocenters. The molecule has 7 heteroatoms. The van der Waals surface area contributed by atoms with Crippen LogP contribution in [0.2, 0.25) is 0 Å². The number of urea groups is 1. The molecule has 1 fully saturated rings. The van der Waals surface area contributed by atoms with E-state index in [0.29, 0.717) is 0 Å². The lowest BCUT2D eigenvalue weighted by atomic mass is 10.2. The Kier molecular flexibility index (Phi) is 4.08. The number of aliphatic carboxylic acids is 1. The van der Waals surface area contributed by atoms with Gasteiger partial charge in [-0.3, -0.25) is 0 Å². The molecule has 1 aliphatic rings. The summed E-state index contributed by atoms with van der Waals surface area (Å²) >= 11 is 0. The first-order valence-electron chi connectivity index (χ1n) is 5.00. The summed E-state index contributed by atoms with van der Waals surface area (Å²) in [5.41, 5.74) is 0. The molecule has 0 saturated carbocycles. The van der Waals surface area contributed by atoms with Crippen molar-refractivity contribution >= 4 is 12.0 Å². The zero-order chi connectivity index (χ0) is 12.3. The molecule has 0 aromatic rings. The summed E-state index contributed by atoms with van der Waals surface area (Å²) in [4.78, 5) is 25.0. The van der Waals surface area contributed by atoms with Crippen LogP contribution in [0.1, 0.15) is 6.42 Å². The first kappa shape index (κ1) is 12.7. The Hall–Kier alpha value is -1.34. The van der Waals surface area contributed by atoms with Crippen molar-refractivity contribution in [3.8, 4) is 0 Å². The minimum absolute atomic E-state index is 0.0194. The number of aliphatic hydroxyl groups excluding tert-OH is 2. The molecule has 3 N–H and O–H groups in total. The van der Waals surface area contributed by atoms with Gasteiger partial charge in [0.15, 0.2) is 0 Å². The van der Waals surface area contributed by atoms with E-state index in [1.54, 1.807) is 0 Å². The minimum Gasteiger partial charge on any atom is -0.480 e. The third kappa shape index (κ3) is 2.61. The molecule has 92 valence electrons. The van der Waals surface area contributed by atoms with Crippen LogP contribution in [0, 0.1) is 0 Å². The Bertz CT molecular complexity index is 283. The predicted molar refractivity (Wildman–Crippen MR) is 53.9 cm³/mol. The lowest BCUT2D eigenvalue weighted by molar-refractivity contribution is -0.141. The fraction of sp³-hybridized carbons (Fsp3) is 0.778. The topological polar surface area (TPSA) is 101 Å². The molecule has 1 aliphatic heterocycles. The molecule has 0 unspecified atom stereocenters. The second kappa shape index (κ2) is 5.13. The van der Waals surface area contributed by atoms with Crippen LogP contribution in [-0.2, 0) is 4.79 Å². The lowest BCUT2D eigenvalue weighted by Crippen LogP contribution is -2.47. The maximum Gasteiger partial charge on any atom is 0.326 e. The first-order valence-corrected chi connectivity index (χ1v) is 5.00. The van der Waals surface area contributed by atoms with Gasteiger partial charge >= 0.3 is 12.0 Å². The number of hydrogen-bond donors (Lipinski definition) is 3. The van der Waals surface area contributed by atoms with Gasteiger partial charge < -0.3 is 25.1 Å². The highest BCUT2D eigenvalue weighted by Gasteiger charge is 2.39. The van der Waals surface area contributed by atoms with Crippen LogP contribution < -0.4 is 0 Å². The van der Waals surface area contributed by atoms with Crippen molar-refractivity contribution in [2.24, 2.45) is 0 Å². The summed E-state index contributed by atoms with van der Waals surface area (Å²) in [6, 6.07) is -1.47. The average molecular weight is 232 g/mol. The Morgan fingerprint density at radius 2 is 2.12 bits per heavy atom. The van der Waals surface area contributed by atoms with E-state index in [1.807, 2.05) is 0 Å². The number of amides is 2. The number of carbonyl (C=O) groups is 2. The van der Waals surface area contributed by atoms with Gasteiger partial charge in [-0.2, -0.15) is 0 Å². The Morgan fingerprint density at radius 3 is 2.62 bits per heavy atom. The molecule has 2 amide bonds.